The standard InChI is InChI=1S/C15H20O6.Na/c1-2-19-10-13(21-15(18)9-8-14(16)17)11-20-12-6-4-3-5-7-12;/h3-7,13H,2,8-11H2,1H3,(H,16,17);/q;+1/p-1. The van der Waals surface area contributed by atoms with Crippen LogP contribution in [-0.2, 0) is 19.1 Å². The van der Waals surface area contributed by atoms with Crippen molar-refractivity contribution in [3.63, 3.8) is 0 Å². The summed E-state index contributed by atoms with van der Waals surface area (Å²) in [5.74, 6) is -1.24. The van der Waals surface area contributed by atoms with Crippen LogP contribution in [0, 0.1) is 0 Å². The van der Waals surface area contributed by atoms with Crippen molar-refractivity contribution in [3.05, 3.63) is 30.3 Å². The van der Waals surface area contributed by atoms with Crippen LogP contribution in [0.25, 0.3) is 0 Å². The number of carboxylic acid groups (broad SMARTS) is 1. The number of benzene rings is 1. The molecule has 0 aromatic heterocycles. The van der Waals surface area contributed by atoms with Gasteiger partial charge in [0.1, 0.15) is 12.4 Å². The van der Waals surface area contributed by atoms with E-state index >= 15 is 0 Å². The number of carbonyl (C=O) groups is 2. The molecular weight excluding hydrogens is 299 g/mol. The predicted octanol–water partition coefficient (Wildman–Crippen LogP) is -2.45. The molecule has 1 rings (SSSR count). The van der Waals surface area contributed by atoms with Gasteiger partial charge in [-0.15, -0.1) is 0 Å². The van der Waals surface area contributed by atoms with Crippen molar-refractivity contribution in [1.82, 2.24) is 0 Å². The fourth-order valence-corrected chi connectivity index (χ4v) is 1.52. The molecular formula is C15H19NaO6. The quantitative estimate of drug-likeness (QED) is 0.352. The Morgan fingerprint density at radius 3 is 2.41 bits per heavy atom. The van der Waals surface area contributed by atoms with Gasteiger partial charge in [-0.05, 0) is 25.5 Å². The van der Waals surface area contributed by atoms with Gasteiger partial charge in [-0.2, -0.15) is 0 Å². The smallest absolute Gasteiger partial charge is 0.550 e. The third kappa shape index (κ3) is 9.78. The fraction of sp³-hybridized carbons (Fsp3) is 0.467. The van der Waals surface area contributed by atoms with Crippen molar-refractivity contribution < 1.29 is 58.5 Å². The van der Waals surface area contributed by atoms with Crippen LogP contribution in [0.15, 0.2) is 30.3 Å². The summed E-state index contributed by atoms with van der Waals surface area (Å²) in [4.78, 5) is 21.8. The first-order valence-electron chi connectivity index (χ1n) is 6.76. The van der Waals surface area contributed by atoms with E-state index in [1.165, 1.54) is 0 Å². The number of hydrogen-bond acceptors (Lipinski definition) is 6. The van der Waals surface area contributed by atoms with E-state index < -0.39 is 18.0 Å². The molecule has 0 N–H and O–H groups in total. The molecule has 0 aliphatic heterocycles. The van der Waals surface area contributed by atoms with Gasteiger partial charge in [-0.25, -0.2) is 0 Å². The van der Waals surface area contributed by atoms with Crippen molar-refractivity contribution in [2.24, 2.45) is 0 Å². The van der Waals surface area contributed by atoms with E-state index in [-0.39, 0.29) is 55.6 Å². The monoisotopic (exact) mass is 318 g/mol. The predicted molar refractivity (Wildman–Crippen MR) is 72.6 cm³/mol. The molecule has 116 valence electrons. The maximum absolute atomic E-state index is 11.5. The van der Waals surface area contributed by atoms with E-state index in [0.717, 1.165) is 0 Å². The zero-order chi connectivity index (χ0) is 15.5. The Hall–Kier alpha value is -1.08. The molecule has 0 radical (unpaired) electrons. The molecule has 1 unspecified atom stereocenters. The normalized spacial score (nSPS) is 11.1. The second kappa shape index (κ2) is 12.5. The van der Waals surface area contributed by atoms with E-state index in [9.17, 15) is 14.7 Å². The summed E-state index contributed by atoms with van der Waals surface area (Å²) in [6, 6.07) is 9.10. The van der Waals surface area contributed by atoms with Gasteiger partial charge in [0, 0.05) is 12.6 Å². The molecule has 1 atom stereocenters. The summed E-state index contributed by atoms with van der Waals surface area (Å²) in [7, 11) is 0. The summed E-state index contributed by atoms with van der Waals surface area (Å²) in [5.41, 5.74) is 0. The number of para-hydroxylation sites is 1. The van der Waals surface area contributed by atoms with E-state index in [2.05, 4.69) is 0 Å². The minimum atomic E-state index is -1.28. The Balaban J connectivity index is 0.00000441. The number of carboxylic acids is 1. The van der Waals surface area contributed by atoms with Crippen molar-refractivity contribution in [1.29, 1.82) is 0 Å². The topological polar surface area (TPSA) is 84.9 Å². The molecule has 0 aliphatic rings. The Labute approximate surface area is 152 Å². The molecule has 0 spiro atoms. The van der Waals surface area contributed by atoms with Crippen LogP contribution in [0.1, 0.15) is 19.8 Å². The summed E-state index contributed by atoms with van der Waals surface area (Å²) in [6.45, 7) is 2.65. The third-order valence-electron chi connectivity index (χ3n) is 2.52. The van der Waals surface area contributed by atoms with Gasteiger partial charge in [0.25, 0.3) is 0 Å². The van der Waals surface area contributed by atoms with Crippen LogP contribution in [-0.4, -0.2) is 37.9 Å². The molecule has 6 nitrogen and oxygen atoms in total. The van der Waals surface area contributed by atoms with Crippen LogP contribution in [0.4, 0.5) is 0 Å². The third-order valence-corrected chi connectivity index (χ3v) is 2.52. The van der Waals surface area contributed by atoms with Crippen molar-refractivity contribution in [3.8, 4) is 5.75 Å². The maximum atomic E-state index is 11.5. The first-order chi connectivity index (χ1) is 10.1. The van der Waals surface area contributed by atoms with Crippen LogP contribution in [0.2, 0.25) is 0 Å². The van der Waals surface area contributed by atoms with Crippen LogP contribution in [0.3, 0.4) is 0 Å². The van der Waals surface area contributed by atoms with Crippen molar-refractivity contribution >= 4 is 11.9 Å². The van der Waals surface area contributed by atoms with Gasteiger partial charge in [-0.3, -0.25) is 4.79 Å². The van der Waals surface area contributed by atoms with E-state index in [1.807, 2.05) is 25.1 Å². The minimum Gasteiger partial charge on any atom is -0.550 e. The van der Waals surface area contributed by atoms with Gasteiger partial charge in [0.05, 0.1) is 13.0 Å². The second-order valence-electron chi connectivity index (χ2n) is 4.27. The van der Waals surface area contributed by atoms with Crippen LogP contribution < -0.4 is 39.4 Å². The Kier molecular flexibility index (Phi) is 11.9. The number of ether oxygens (including phenoxy) is 3. The average molecular weight is 318 g/mol. The molecule has 1 aromatic carbocycles. The van der Waals surface area contributed by atoms with Gasteiger partial charge < -0.3 is 24.1 Å². The molecule has 7 heteroatoms. The first-order valence-corrected chi connectivity index (χ1v) is 6.76. The number of esters is 1. The summed E-state index contributed by atoms with van der Waals surface area (Å²) in [5, 5.41) is 10.3. The van der Waals surface area contributed by atoms with Crippen LogP contribution >= 0.6 is 0 Å². The van der Waals surface area contributed by atoms with Crippen LogP contribution in [0.5, 0.6) is 5.75 Å². The van der Waals surface area contributed by atoms with Gasteiger partial charge in [0.2, 0.25) is 0 Å². The van der Waals surface area contributed by atoms with Gasteiger partial charge in [-0.1, -0.05) is 18.2 Å². The van der Waals surface area contributed by atoms with Gasteiger partial charge in [0.15, 0.2) is 6.10 Å². The number of aliphatic carboxylic acids is 1. The molecule has 0 saturated heterocycles. The van der Waals surface area contributed by atoms with Crippen molar-refractivity contribution in [2.45, 2.75) is 25.9 Å². The molecule has 0 aliphatic carbocycles. The number of hydrogen-bond donors (Lipinski definition) is 0. The summed E-state index contributed by atoms with van der Waals surface area (Å²) in [6.07, 6.45) is -1.17. The maximum Gasteiger partial charge on any atom is 1.00 e. The zero-order valence-corrected chi connectivity index (χ0v) is 14.9. The SMILES string of the molecule is CCOCC(COc1ccccc1)OC(=O)CCC(=O)[O-].[Na+]. The van der Waals surface area contributed by atoms with E-state index in [4.69, 9.17) is 14.2 Å². The average Bonchev–Trinajstić information content (AvgIpc) is 2.49. The van der Waals surface area contributed by atoms with E-state index in [1.54, 1.807) is 12.1 Å². The first kappa shape index (κ1) is 20.9. The molecule has 0 heterocycles. The molecule has 1 aromatic rings. The Morgan fingerprint density at radius 2 is 1.82 bits per heavy atom. The minimum absolute atomic E-state index is 0. The molecule has 0 amide bonds. The molecule has 0 bridgehead atoms. The largest absolute Gasteiger partial charge is 1.00 e. The summed E-state index contributed by atoms with van der Waals surface area (Å²) < 4.78 is 15.9. The zero-order valence-electron chi connectivity index (χ0n) is 12.9. The van der Waals surface area contributed by atoms with Gasteiger partial charge >= 0.3 is 35.5 Å². The Morgan fingerprint density at radius 1 is 1.14 bits per heavy atom. The summed E-state index contributed by atoms with van der Waals surface area (Å²) >= 11 is 0. The van der Waals surface area contributed by atoms with E-state index in [0.29, 0.717) is 12.4 Å². The molecule has 0 fully saturated rings. The molecule has 22 heavy (non-hydrogen) atoms. The molecule has 0 saturated carbocycles. The van der Waals surface area contributed by atoms with Crippen molar-refractivity contribution in [2.75, 3.05) is 19.8 Å². The number of carbonyl (C=O) groups excluding carboxylic acids is 2. The fourth-order valence-electron chi connectivity index (χ4n) is 1.52. The Bertz CT molecular complexity index is 437. The second-order valence-corrected chi connectivity index (χ2v) is 4.27. The number of rotatable bonds is 10.